The van der Waals surface area contributed by atoms with Gasteiger partial charge >= 0.3 is 0 Å². The summed E-state index contributed by atoms with van der Waals surface area (Å²) in [6.07, 6.45) is 3.27. The number of allylic oxidation sites excluding steroid dienone is 1. The maximum Gasteiger partial charge on any atom is 0.255 e. The first-order valence-corrected chi connectivity index (χ1v) is 11.8. The van der Waals surface area contributed by atoms with Gasteiger partial charge in [-0.05, 0) is 61.0 Å². The molecule has 0 radical (unpaired) electrons. The molecular formula is C27H25N7O3. The van der Waals surface area contributed by atoms with Crippen molar-refractivity contribution in [2.24, 2.45) is 0 Å². The van der Waals surface area contributed by atoms with Gasteiger partial charge in [0.25, 0.3) is 5.91 Å². The molecule has 0 fully saturated rings. The number of pyridine rings is 1. The molecule has 1 amide bonds. The maximum absolute atomic E-state index is 13.6. The number of anilines is 3. The molecule has 186 valence electrons. The highest BCUT2D eigenvalue weighted by Gasteiger charge is 2.35. The SMILES string of the molecule is CC1=C(C(=O)Nc2cccnc2)C(c2ccc3c(c2)OCO3)n2nc(-c3ccc(N(C)C)cc3)nc2N1. The van der Waals surface area contributed by atoms with E-state index in [2.05, 4.69) is 15.6 Å². The minimum Gasteiger partial charge on any atom is -0.454 e. The van der Waals surface area contributed by atoms with Crippen molar-refractivity contribution in [3.63, 3.8) is 0 Å². The molecule has 1 atom stereocenters. The van der Waals surface area contributed by atoms with Crippen molar-refractivity contribution in [3.8, 4) is 22.9 Å². The van der Waals surface area contributed by atoms with Crippen LogP contribution in [0, 0.1) is 0 Å². The third-order valence-electron chi connectivity index (χ3n) is 6.37. The van der Waals surface area contributed by atoms with Crippen molar-refractivity contribution in [1.29, 1.82) is 0 Å². The summed E-state index contributed by atoms with van der Waals surface area (Å²) in [5.41, 5.74) is 4.56. The average molecular weight is 496 g/mol. The highest BCUT2D eigenvalue weighted by atomic mass is 16.7. The monoisotopic (exact) mass is 495 g/mol. The zero-order chi connectivity index (χ0) is 25.5. The molecule has 0 spiro atoms. The molecule has 2 aromatic heterocycles. The van der Waals surface area contributed by atoms with Crippen molar-refractivity contribution < 1.29 is 14.3 Å². The topological polar surface area (TPSA) is 106 Å². The summed E-state index contributed by atoms with van der Waals surface area (Å²) in [5.74, 6) is 2.13. The van der Waals surface area contributed by atoms with Gasteiger partial charge in [-0.15, -0.1) is 5.10 Å². The van der Waals surface area contributed by atoms with E-state index in [0.717, 1.165) is 16.8 Å². The average Bonchev–Trinajstić information content (AvgIpc) is 3.55. The largest absolute Gasteiger partial charge is 0.454 e. The number of rotatable bonds is 5. The third kappa shape index (κ3) is 4.12. The Balaban J connectivity index is 1.43. The number of nitrogens with one attached hydrogen (secondary N) is 2. The fraction of sp³-hybridized carbons (Fsp3) is 0.185. The first kappa shape index (κ1) is 22.6. The Morgan fingerprint density at radius 1 is 1.11 bits per heavy atom. The van der Waals surface area contributed by atoms with Gasteiger partial charge in [-0.3, -0.25) is 9.78 Å². The summed E-state index contributed by atoms with van der Waals surface area (Å²) in [4.78, 5) is 24.5. The fourth-order valence-corrected chi connectivity index (χ4v) is 4.50. The van der Waals surface area contributed by atoms with E-state index in [-0.39, 0.29) is 12.7 Å². The first-order chi connectivity index (χ1) is 18.0. The molecule has 37 heavy (non-hydrogen) atoms. The van der Waals surface area contributed by atoms with Crippen LogP contribution in [-0.4, -0.2) is 46.5 Å². The zero-order valence-corrected chi connectivity index (χ0v) is 20.6. The van der Waals surface area contributed by atoms with Crippen LogP contribution >= 0.6 is 0 Å². The lowest BCUT2D eigenvalue weighted by molar-refractivity contribution is -0.113. The maximum atomic E-state index is 13.6. The van der Waals surface area contributed by atoms with Crippen molar-refractivity contribution >= 4 is 23.2 Å². The molecule has 4 aromatic rings. The van der Waals surface area contributed by atoms with E-state index < -0.39 is 6.04 Å². The number of benzene rings is 2. The normalized spacial score (nSPS) is 15.7. The van der Waals surface area contributed by atoms with Crippen LogP contribution in [0.4, 0.5) is 17.3 Å². The van der Waals surface area contributed by atoms with Crippen molar-refractivity contribution in [3.05, 3.63) is 83.8 Å². The summed E-state index contributed by atoms with van der Waals surface area (Å²) in [5, 5.41) is 11.1. The second-order valence-electron chi connectivity index (χ2n) is 9.02. The van der Waals surface area contributed by atoms with Gasteiger partial charge < -0.3 is 25.0 Å². The molecule has 10 heteroatoms. The number of hydrogen-bond acceptors (Lipinski definition) is 8. The first-order valence-electron chi connectivity index (χ1n) is 11.8. The minimum absolute atomic E-state index is 0.163. The molecule has 0 aliphatic carbocycles. The third-order valence-corrected chi connectivity index (χ3v) is 6.37. The Labute approximate surface area is 213 Å². The number of fused-ring (bicyclic) bond motifs is 2. The predicted molar refractivity (Wildman–Crippen MR) is 140 cm³/mol. The minimum atomic E-state index is -0.551. The second-order valence-corrected chi connectivity index (χ2v) is 9.02. The molecular weight excluding hydrogens is 470 g/mol. The Morgan fingerprint density at radius 3 is 2.68 bits per heavy atom. The van der Waals surface area contributed by atoms with E-state index in [1.54, 1.807) is 29.2 Å². The number of ether oxygens (including phenoxy) is 2. The highest BCUT2D eigenvalue weighted by Crippen LogP contribution is 2.41. The van der Waals surface area contributed by atoms with Crippen LogP contribution in [-0.2, 0) is 4.79 Å². The Kier molecular flexibility index (Phi) is 5.48. The number of carbonyl (C=O) groups is 1. The lowest BCUT2D eigenvalue weighted by Crippen LogP contribution is -2.31. The Bertz CT molecular complexity index is 1510. The van der Waals surface area contributed by atoms with Crippen LogP contribution in [0.5, 0.6) is 11.5 Å². The van der Waals surface area contributed by atoms with Crippen molar-refractivity contribution in [2.45, 2.75) is 13.0 Å². The molecule has 2 N–H and O–H groups in total. The molecule has 4 heterocycles. The van der Waals surface area contributed by atoms with Crippen LogP contribution in [0.3, 0.4) is 0 Å². The molecule has 0 saturated carbocycles. The number of aromatic nitrogens is 4. The number of amides is 1. The zero-order valence-electron chi connectivity index (χ0n) is 20.6. The van der Waals surface area contributed by atoms with Gasteiger partial charge in [0.1, 0.15) is 6.04 Å². The molecule has 2 aliphatic heterocycles. The summed E-state index contributed by atoms with van der Waals surface area (Å²) in [7, 11) is 3.99. The summed E-state index contributed by atoms with van der Waals surface area (Å²) >= 11 is 0. The van der Waals surface area contributed by atoms with E-state index in [1.807, 2.05) is 68.4 Å². The number of carbonyl (C=O) groups excluding carboxylic acids is 1. The molecule has 0 saturated heterocycles. The van der Waals surface area contributed by atoms with Gasteiger partial charge in [-0.2, -0.15) is 4.98 Å². The molecule has 10 nitrogen and oxygen atoms in total. The van der Waals surface area contributed by atoms with Crippen molar-refractivity contribution in [2.75, 3.05) is 36.4 Å². The van der Waals surface area contributed by atoms with Crippen LogP contribution in [0.15, 0.2) is 78.3 Å². The van der Waals surface area contributed by atoms with Gasteiger partial charge in [-0.25, -0.2) is 4.68 Å². The Morgan fingerprint density at radius 2 is 1.92 bits per heavy atom. The van der Waals surface area contributed by atoms with Crippen LogP contribution in [0.25, 0.3) is 11.4 Å². The van der Waals surface area contributed by atoms with E-state index in [9.17, 15) is 4.79 Å². The molecule has 6 rings (SSSR count). The highest BCUT2D eigenvalue weighted by molar-refractivity contribution is 6.06. The molecule has 2 aromatic carbocycles. The van der Waals surface area contributed by atoms with Gasteiger partial charge in [0.05, 0.1) is 17.5 Å². The van der Waals surface area contributed by atoms with E-state index >= 15 is 0 Å². The van der Waals surface area contributed by atoms with Gasteiger partial charge in [-0.1, -0.05) is 6.07 Å². The van der Waals surface area contributed by atoms with Crippen LogP contribution in [0.1, 0.15) is 18.5 Å². The van der Waals surface area contributed by atoms with E-state index in [0.29, 0.717) is 40.2 Å². The van der Waals surface area contributed by atoms with E-state index in [4.69, 9.17) is 19.6 Å². The lowest BCUT2D eigenvalue weighted by atomic mass is 9.94. The molecule has 2 aliphatic rings. The van der Waals surface area contributed by atoms with Gasteiger partial charge in [0.2, 0.25) is 12.7 Å². The summed E-state index contributed by atoms with van der Waals surface area (Å²) in [6.45, 7) is 2.03. The molecule has 1 unspecified atom stereocenters. The van der Waals surface area contributed by atoms with Crippen LogP contribution < -0.4 is 25.0 Å². The van der Waals surface area contributed by atoms with E-state index in [1.165, 1.54) is 0 Å². The number of nitrogens with zero attached hydrogens (tertiary/aromatic N) is 5. The van der Waals surface area contributed by atoms with Gasteiger partial charge in [0, 0.05) is 37.2 Å². The Hall–Kier alpha value is -4.86. The van der Waals surface area contributed by atoms with Crippen LogP contribution in [0.2, 0.25) is 0 Å². The molecule has 0 bridgehead atoms. The number of hydrogen-bond donors (Lipinski definition) is 2. The standard InChI is InChI=1S/C27H25N7O3/c1-16-23(26(35)30-19-5-4-12-28-14-19)24(18-8-11-21-22(13-18)37-15-36-21)34-27(29-16)31-25(32-34)17-6-9-20(10-7-17)33(2)3/h4-14,24H,15H2,1-3H3,(H,30,35)(H,29,31,32). The predicted octanol–water partition coefficient (Wildman–Crippen LogP) is 4.06. The fourth-order valence-electron chi connectivity index (χ4n) is 4.50. The second kappa shape index (κ2) is 8.98. The lowest BCUT2D eigenvalue weighted by Gasteiger charge is -2.28. The van der Waals surface area contributed by atoms with Gasteiger partial charge in [0.15, 0.2) is 17.3 Å². The summed E-state index contributed by atoms with van der Waals surface area (Å²) < 4.78 is 12.9. The van der Waals surface area contributed by atoms with Crippen molar-refractivity contribution in [1.82, 2.24) is 19.7 Å². The smallest absolute Gasteiger partial charge is 0.255 e. The quantitative estimate of drug-likeness (QED) is 0.427. The summed E-state index contributed by atoms with van der Waals surface area (Å²) in [6, 6.07) is 16.7.